The molecule has 0 aromatic carbocycles. The van der Waals surface area contributed by atoms with Gasteiger partial charge in [-0.05, 0) is 12.8 Å². The molecule has 0 spiro atoms. The number of anilines is 1. The summed E-state index contributed by atoms with van der Waals surface area (Å²) in [6, 6.07) is 0. The van der Waals surface area contributed by atoms with Crippen LogP contribution in [0.1, 0.15) is 24.1 Å². The molecular formula is C16H18N6. The lowest BCUT2D eigenvalue weighted by molar-refractivity contribution is 0.781. The Kier molecular flexibility index (Phi) is 3.79. The summed E-state index contributed by atoms with van der Waals surface area (Å²) in [5.74, 6) is 1.70. The van der Waals surface area contributed by atoms with Crippen LogP contribution in [0.3, 0.4) is 0 Å². The Morgan fingerprint density at radius 1 is 1.09 bits per heavy atom. The lowest BCUT2D eigenvalue weighted by atomic mass is 10.3. The van der Waals surface area contributed by atoms with Crippen LogP contribution < -0.4 is 10.2 Å². The first-order valence-corrected chi connectivity index (χ1v) is 7.24. The summed E-state index contributed by atoms with van der Waals surface area (Å²) in [6.07, 6.45) is 16.1. The summed E-state index contributed by atoms with van der Waals surface area (Å²) in [5, 5.41) is 7.69. The highest BCUT2D eigenvalue weighted by atomic mass is 15.3. The lowest BCUT2D eigenvalue weighted by Gasteiger charge is -2.15. The zero-order valence-electron chi connectivity index (χ0n) is 12.4. The molecule has 6 heteroatoms. The second-order valence-electron chi connectivity index (χ2n) is 5.19. The Balaban J connectivity index is 0.000000693. The SMILES string of the molecule is C#C.C=C1NCc2nn(-c3cnc(N4CCCC4)cn3)cc21. The van der Waals surface area contributed by atoms with Gasteiger partial charge in [-0.2, -0.15) is 5.10 Å². The molecule has 1 saturated heterocycles. The van der Waals surface area contributed by atoms with Crippen molar-refractivity contribution in [3.8, 4) is 18.7 Å². The van der Waals surface area contributed by atoms with Gasteiger partial charge in [0.05, 0.1) is 24.6 Å². The van der Waals surface area contributed by atoms with E-state index in [1.807, 2.05) is 12.4 Å². The van der Waals surface area contributed by atoms with Gasteiger partial charge in [0, 0.05) is 30.5 Å². The van der Waals surface area contributed by atoms with Crippen LogP contribution in [0.4, 0.5) is 5.82 Å². The van der Waals surface area contributed by atoms with E-state index < -0.39 is 0 Å². The number of hydrogen-bond donors (Lipinski definition) is 1. The number of hydrogen-bond acceptors (Lipinski definition) is 5. The van der Waals surface area contributed by atoms with E-state index in [2.05, 4.69) is 44.7 Å². The number of fused-ring (bicyclic) bond motifs is 1. The van der Waals surface area contributed by atoms with Gasteiger partial charge >= 0.3 is 0 Å². The van der Waals surface area contributed by atoms with Crippen LogP contribution in [0, 0.1) is 12.8 Å². The summed E-state index contributed by atoms with van der Waals surface area (Å²) in [6.45, 7) is 6.86. The van der Waals surface area contributed by atoms with Crippen molar-refractivity contribution < 1.29 is 0 Å². The van der Waals surface area contributed by atoms with Crippen LogP contribution in [-0.4, -0.2) is 32.8 Å². The first-order chi connectivity index (χ1) is 10.8. The van der Waals surface area contributed by atoms with Gasteiger partial charge in [-0.3, -0.25) is 0 Å². The third-order valence-corrected chi connectivity index (χ3v) is 3.87. The smallest absolute Gasteiger partial charge is 0.171 e. The Morgan fingerprint density at radius 3 is 2.41 bits per heavy atom. The van der Waals surface area contributed by atoms with Gasteiger partial charge in [0.1, 0.15) is 5.82 Å². The molecule has 4 rings (SSSR count). The minimum absolute atomic E-state index is 0.737. The predicted octanol–water partition coefficient (Wildman–Crippen LogP) is 1.59. The summed E-state index contributed by atoms with van der Waals surface area (Å²) in [4.78, 5) is 11.3. The number of aromatic nitrogens is 4. The van der Waals surface area contributed by atoms with E-state index in [0.717, 1.165) is 48.2 Å². The molecule has 6 nitrogen and oxygen atoms in total. The molecule has 0 radical (unpaired) electrons. The van der Waals surface area contributed by atoms with Crippen molar-refractivity contribution in [2.24, 2.45) is 0 Å². The quantitative estimate of drug-likeness (QED) is 0.852. The minimum atomic E-state index is 0.737. The molecule has 4 heterocycles. The van der Waals surface area contributed by atoms with Crippen molar-refractivity contribution in [3.05, 3.63) is 36.4 Å². The Labute approximate surface area is 129 Å². The van der Waals surface area contributed by atoms with Crippen molar-refractivity contribution in [3.63, 3.8) is 0 Å². The van der Waals surface area contributed by atoms with Crippen molar-refractivity contribution in [2.75, 3.05) is 18.0 Å². The molecule has 2 aromatic rings. The van der Waals surface area contributed by atoms with Crippen LogP contribution in [-0.2, 0) is 6.54 Å². The Hall–Kier alpha value is -2.81. The monoisotopic (exact) mass is 294 g/mol. The third kappa shape index (κ3) is 2.42. The van der Waals surface area contributed by atoms with Crippen LogP contribution in [0.15, 0.2) is 25.2 Å². The lowest BCUT2D eigenvalue weighted by Crippen LogP contribution is -2.19. The normalized spacial score (nSPS) is 15.9. The van der Waals surface area contributed by atoms with Crippen LogP contribution in [0.25, 0.3) is 11.5 Å². The molecule has 112 valence electrons. The average Bonchev–Trinajstić information content (AvgIpc) is 3.29. The fraction of sp³-hybridized carbons (Fsp3) is 0.312. The maximum Gasteiger partial charge on any atom is 0.171 e. The second-order valence-corrected chi connectivity index (χ2v) is 5.19. The highest BCUT2D eigenvalue weighted by Crippen LogP contribution is 2.23. The summed E-state index contributed by atoms with van der Waals surface area (Å²) >= 11 is 0. The molecule has 0 bridgehead atoms. The Bertz CT molecular complexity index is 691. The molecule has 22 heavy (non-hydrogen) atoms. The molecule has 2 aliphatic heterocycles. The Morgan fingerprint density at radius 2 is 1.77 bits per heavy atom. The van der Waals surface area contributed by atoms with Gasteiger partial charge in [0.15, 0.2) is 5.82 Å². The molecule has 0 amide bonds. The largest absolute Gasteiger partial charge is 0.379 e. The second kappa shape index (κ2) is 5.90. The fourth-order valence-corrected chi connectivity index (χ4v) is 2.74. The van der Waals surface area contributed by atoms with Gasteiger partial charge < -0.3 is 10.2 Å². The maximum atomic E-state index is 4.52. The zero-order chi connectivity index (χ0) is 15.5. The van der Waals surface area contributed by atoms with Crippen LogP contribution in [0.5, 0.6) is 0 Å². The molecule has 0 aliphatic carbocycles. The number of rotatable bonds is 2. The van der Waals surface area contributed by atoms with Gasteiger partial charge in [0.25, 0.3) is 0 Å². The third-order valence-electron chi connectivity index (χ3n) is 3.87. The van der Waals surface area contributed by atoms with Crippen molar-refractivity contribution in [1.82, 2.24) is 25.1 Å². The molecule has 0 atom stereocenters. The molecule has 1 N–H and O–H groups in total. The predicted molar refractivity (Wildman–Crippen MR) is 86.4 cm³/mol. The van der Waals surface area contributed by atoms with Gasteiger partial charge in [-0.25, -0.2) is 14.6 Å². The van der Waals surface area contributed by atoms with Gasteiger partial charge in [0.2, 0.25) is 0 Å². The molecule has 1 fully saturated rings. The zero-order valence-corrected chi connectivity index (χ0v) is 12.4. The van der Waals surface area contributed by atoms with Gasteiger partial charge in [-0.1, -0.05) is 6.58 Å². The minimum Gasteiger partial charge on any atom is -0.379 e. The maximum absolute atomic E-state index is 4.52. The van der Waals surface area contributed by atoms with Gasteiger partial charge in [-0.15, -0.1) is 12.8 Å². The highest BCUT2D eigenvalue weighted by molar-refractivity contribution is 5.67. The highest BCUT2D eigenvalue weighted by Gasteiger charge is 2.19. The molecule has 2 aromatic heterocycles. The summed E-state index contributed by atoms with van der Waals surface area (Å²) in [7, 11) is 0. The molecule has 0 unspecified atom stereocenters. The first kappa shape index (κ1) is 14.1. The van der Waals surface area contributed by atoms with E-state index in [-0.39, 0.29) is 0 Å². The average molecular weight is 294 g/mol. The van der Waals surface area contributed by atoms with E-state index in [0.29, 0.717) is 0 Å². The van der Waals surface area contributed by atoms with E-state index in [9.17, 15) is 0 Å². The van der Waals surface area contributed by atoms with E-state index in [4.69, 9.17) is 0 Å². The molecule has 0 saturated carbocycles. The van der Waals surface area contributed by atoms with E-state index >= 15 is 0 Å². The molecular weight excluding hydrogens is 276 g/mol. The van der Waals surface area contributed by atoms with Crippen LogP contribution >= 0.6 is 0 Å². The van der Waals surface area contributed by atoms with E-state index in [1.54, 1.807) is 10.9 Å². The summed E-state index contributed by atoms with van der Waals surface area (Å²) in [5.41, 5.74) is 3.00. The van der Waals surface area contributed by atoms with Crippen LogP contribution in [0.2, 0.25) is 0 Å². The number of nitrogens with one attached hydrogen (secondary N) is 1. The number of nitrogens with zero attached hydrogens (tertiary/aromatic N) is 5. The first-order valence-electron chi connectivity index (χ1n) is 7.24. The standard InChI is InChI=1S/C14H16N6.C2H2/c1-10-11-9-20(18-12(11)6-15-10)14-8-16-13(7-17-14)19-4-2-3-5-19;1-2/h7-9,15H,1-6H2;1-2H. The summed E-state index contributed by atoms with van der Waals surface area (Å²) < 4.78 is 1.78. The fourth-order valence-electron chi connectivity index (χ4n) is 2.74. The van der Waals surface area contributed by atoms with Crippen molar-refractivity contribution >= 4 is 11.5 Å². The van der Waals surface area contributed by atoms with E-state index in [1.165, 1.54) is 12.8 Å². The molecule has 2 aliphatic rings. The number of terminal acetylenes is 1. The van der Waals surface area contributed by atoms with Crippen molar-refractivity contribution in [2.45, 2.75) is 19.4 Å². The van der Waals surface area contributed by atoms with Crippen molar-refractivity contribution in [1.29, 1.82) is 0 Å². The topological polar surface area (TPSA) is 58.9 Å².